The monoisotopic (exact) mass is 263 g/mol. The SMILES string of the molecule is CC1(C)C2CC[C@](C)(C2)C1NC(=O)C1CCCCC1. The summed E-state index contributed by atoms with van der Waals surface area (Å²) in [5, 5.41) is 3.47. The van der Waals surface area contributed by atoms with Gasteiger partial charge in [-0.15, -0.1) is 0 Å². The van der Waals surface area contributed by atoms with Gasteiger partial charge in [0.25, 0.3) is 0 Å². The largest absolute Gasteiger partial charge is 0.352 e. The van der Waals surface area contributed by atoms with E-state index in [0.29, 0.717) is 23.3 Å². The standard InChI is InChI=1S/C17H29NO/c1-16(2)13-9-10-17(3,11-13)15(16)18-14(19)12-7-5-4-6-8-12/h12-13,15H,4-11H2,1-3H3,(H,18,19)/t13?,15?,17-/m1/s1. The summed E-state index contributed by atoms with van der Waals surface area (Å²) in [4.78, 5) is 12.5. The van der Waals surface area contributed by atoms with Gasteiger partial charge in [0, 0.05) is 12.0 Å². The van der Waals surface area contributed by atoms with Gasteiger partial charge in [-0.3, -0.25) is 4.79 Å². The molecule has 3 fully saturated rings. The van der Waals surface area contributed by atoms with E-state index in [1.807, 2.05) is 0 Å². The number of carbonyl (C=O) groups is 1. The summed E-state index contributed by atoms with van der Waals surface area (Å²) < 4.78 is 0. The highest BCUT2D eigenvalue weighted by Crippen LogP contribution is 2.62. The third-order valence-corrected chi connectivity index (χ3v) is 6.53. The third-order valence-electron chi connectivity index (χ3n) is 6.53. The molecule has 0 saturated heterocycles. The number of amides is 1. The van der Waals surface area contributed by atoms with Crippen LogP contribution in [0.25, 0.3) is 0 Å². The van der Waals surface area contributed by atoms with Crippen molar-refractivity contribution in [1.82, 2.24) is 5.32 Å². The first-order valence-corrected chi connectivity index (χ1v) is 8.24. The van der Waals surface area contributed by atoms with E-state index in [9.17, 15) is 4.79 Å². The fourth-order valence-corrected chi connectivity index (χ4v) is 5.29. The van der Waals surface area contributed by atoms with Crippen LogP contribution in [-0.4, -0.2) is 11.9 Å². The van der Waals surface area contributed by atoms with E-state index in [2.05, 4.69) is 26.1 Å². The maximum absolute atomic E-state index is 12.5. The molecule has 3 saturated carbocycles. The van der Waals surface area contributed by atoms with Crippen molar-refractivity contribution in [1.29, 1.82) is 0 Å². The van der Waals surface area contributed by atoms with Gasteiger partial charge >= 0.3 is 0 Å². The predicted molar refractivity (Wildman–Crippen MR) is 77.7 cm³/mol. The zero-order chi connectivity index (χ0) is 13.7. The Bertz CT molecular complexity index is 365. The fourth-order valence-electron chi connectivity index (χ4n) is 5.29. The molecule has 0 spiro atoms. The summed E-state index contributed by atoms with van der Waals surface area (Å²) in [7, 11) is 0. The predicted octanol–water partition coefficient (Wildman–Crippen LogP) is 3.90. The second kappa shape index (κ2) is 4.49. The zero-order valence-electron chi connectivity index (χ0n) is 12.8. The summed E-state index contributed by atoms with van der Waals surface area (Å²) in [5.41, 5.74) is 0.649. The Morgan fingerprint density at radius 3 is 2.32 bits per heavy atom. The Balaban J connectivity index is 1.70. The minimum atomic E-state index is 0.289. The first-order valence-electron chi connectivity index (χ1n) is 8.24. The summed E-state index contributed by atoms with van der Waals surface area (Å²) in [6.45, 7) is 7.13. The second-order valence-electron chi connectivity index (χ2n) is 8.19. The van der Waals surface area contributed by atoms with Crippen LogP contribution < -0.4 is 5.32 Å². The smallest absolute Gasteiger partial charge is 0.223 e. The maximum atomic E-state index is 12.5. The molecule has 3 rings (SSSR count). The molecule has 0 heterocycles. The molecule has 1 amide bonds. The number of hydrogen-bond donors (Lipinski definition) is 1. The first kappa shape index (κ1) is 13.5. The van der Waals surface area contributed by atoms with Crippen LogP contribution in [0.5, 0.6) is 0 Å². The van der Waals surface area contributed by atoms with E-state index in [0.717, 1.165) is 18.8 Å². The van der Waals surface area contributed by atoms with Crippen molar-refractivity contribution < 1.29 is 4.79 Å². The van der Waals surface area contributed by atoms with E-state index < -0.39 is 0 Å². The molecule has 108 valence electrons. The molecular weight excluding hydrogens is 234 g/mol. The molecule has 1 N–H and O–H groups in total. The highest BCUT2D eigenvalue weighted by Gasteiger charge is 2.59. The van der Waals surface area contributed by atoms with Crippen molar-refractivity contribution in [3.05, 3.63) is 0 Å². The van der Waals surface area contributed by atoms with Crippen LogP contribution in [0.15, 0.2) is 0 Å². The Morgan fingerprint density at radius 2 is 1.74 bits per heavy atom. The molecule has 0 aliphatic heterocycles. The van der Waals surface area contributed by atoms with Gasteiger partial charge in [0.1, 0.15) is 0 Å². The van der Waals surface area contributed by atoms with Crippen molar-refractivity contribution >= 4 is 5.91 Å². The Labute approximate surface area is 117 Å². The zero-order valence-corrected chi connectivity index (χ0v) is 12.8. The molecule has 0 radical (unpaired) electrons. The molecule has 0 aromatic carbocycles. The van der Waals surface area contributed by atoms with Crippen molar-refractivity contribution in [2.75, 3.05) is 0 Å². The normalized spacial score (nSPS) is 41.4. The van der Waals surface area contributed by atoms with Gasteiger partial charge in [0.05, 0.1) is 0 Å². The van der Waals surface area contributed by atoms with Gasteiger partial charge in [-0.2, -0.15) is 0 Å². The fraction of sp³-hybridized carbons (Fsp3) is 0.941. The Kier molecular flexibility index (Phi) is 3.18. The molecule has 2 nitrogen and oxygen atoms in total. The number of hydrogen-bond acceptors (Lipinski definition) is 1. The topological polar surface area (TPSA) is 29.1 Å². The molecule has 2 unspecified atom stereocenters. The molecular formula is C17H29NO. The van der Waals surface area contributed by atoms with Crippen LogP contribution in [-0.2, 0) is 4.79 Å². The van der Waals surface area contributed by atoms with Gasteiger partial charge in [-0.05, 0) is 48.9 Å². The van der Waals surface area contributed by atoms with Crippen LogP contribution in [0.4, 0.5) is 0 Å². The highest BCUT2D eigenvalue weighted by molar-refractivity contribution is 5.79. The maximum Gasteiger partial charge on any atom is 0.223 e. The van der Waals surface area contributed by atoms with Crippen LogP contribution in [0, 0.1) is 22.7 Å². The lowest BCUT2D eigenvalue weighted by atomic mass is 9.68. The second-order valence-corrected chi connectivity index (χ2v) is 8.19. The molecule has 3 aliphatic rings. The van der Waals surface area contributed by atoms with Crippen LogP contribution >= 0.6 is 0 Å². The van der Waals surface area contributed by atoms with Crippen molar-refractivity contribution in [2.45, 2.75) is 78.2 Å². The van der Waals surface area contributed by atoms with Gasteiger partial charge in [-0.25, -0.2) is 0 Å². The summed E-state index contributed by atoms with van der Waals surface area (Å²) >= 11 is 0. The number of rotatable bonds is 2. The molecule has 2 heteroatoms. The van der Waals surface area contributed by atoms with Crippen LogP contribution in [0.3, 0.4) is 0 Å². The van der Waals surface area contributed by atoms with Gasteiger partial charge in [-0.1, -0.05) is 40.0 Å². The lowest BCUT2D eigenvalue weighted by molar-refractivity contribution is -0.128. The van der Waals surface area contributed by atoms with Crippen molar-refractivity contribution in [3.8, 4) is 0 Å². The van der Waals surface area contributed by atoms with Gasteiger partial charge in [0.2, 0.25) is 5.91 Å². The first-order chi connectivity index (χ1) is 8.93. The van der Waals surface area contributed by atoms with Gasteiger partial charge in [0.15, 0.2) is 0 Å². The van der Waals surface area contributed by atoms with Crippen molar-refractivity contribution in [3.63, 3.8) is 0 Å². The van der Waals surface area contributed by atoms with E-state index in [4.69, 9.17) is 0 Å². The van der Waals surface area contributed by atoms with E-state index in [1.165, 1.54) is 38.5 Å². The molecule has 19 heavy (non-hydrogen) atoms. The van der Waals surface area contributed by atoms with E-state index >= 15 is 0 Å². The minimum Gasteiger partial charge on any atom is -0.352 e. The minimum absolute atomic E-state index is 0.289. The van der Waals surface area contributed by atoms with Crippen molar-refractivity contribution in [2.24, 2.45) is 22.7 Å². The highest BCUT2D eigenvalue weighted by atomic mass is 16.2. The Hall–Kier alpha value is -0.530. The number of carbonyl (C=O) groups excluding carboxylic acids is 1. The lowest BCUT2D eigenvalue weighted by Crippen LogP contribution is -2.53. The van der Waals surface area contributed by atoms with E-state index in [-0.39, 0.29) is 5.41 Å². The number of fused-ring (bicyclic) bond motifs is 2. The summed E-state index contributed by atoms with van der Waals surface area (Å²) in [5.74, 6) is 1.47. The summed E-state index contributed by atoms with van der Waals surface area (Å²) in [6.07, 6.45) is 10.0. The quantitative estimate of drug-likeness (QED) is 0.804. The van der Waals surface area contributed by atoms with Crippen LogP contribution in [0.2, 0.25) is 0 Å². The Morgan fingerprint density at radius 1 is 1.05 bits per heavy atom. The molecule has 2 bridgehead atoms. The number of nitrogens with one attached hydrogen (secondary N) is 1. The lowest BCUT2D eigenvalue weighted by Gasteiger charge is -2.43. The average Bonchev–Trinajstić information content (AvgIpc) is 2.87. The van der Waals surface area contributed by atoms with E-state index in [1.54, 1.807) is 0 Å². The summed E-state index contributed by atoms with van der Waals surface area (Å²) in [6, 6.07) is 0.396. The average molecular weight is 263 g/mol. The third kappa shape index (κ3) is 2.11. The molecule has 0 aromatic heterocycles. The van der Waals surface area contributed by atoms with Crippen LogP contribution in [0.1, 0.15) is 72.1 Å². The van der Waals surface area contributed by atoms with Gasteiger partial charge < -0.3 is 5.32 Å². The molecule has 3 atom stereocenters. The molecule has 0 aromatic rings. The molecule has 3 aliphatic carbocycles.